The van der Waals surface area contributed by atoms with Crippen LogP contribution in [0.5, 0.6) is 0 Å². The Kier molecular flexibility index (Phi) is 1.56. The molecule has 0 spiro atoms. The SMILES string of the molecule is Cc1ccc(C#N)c2cnsc12. The number of nitrogens with zero attached hydrogens (tertiary/aromatic N) is 2. The largest absolute Gasteiger partial charge is 0.200 e. The molecule has 0 bridgehead atoms. The quantitative estimate of drug-likeness (QED) is 0.615. The summed E-state index contributed by atoms with van der Waals surface area (Å²) in [6.45, 7) is 2.03. The maximum Gasteiger partial charge on any atom is 0.0999 e. The first-order valence-corrected chi connectivity index (χ1v) is 4.34. The molecule has 0 atom stereocenters. The van der Waals surface area contributed by atoms with E-state index in [1.165, 1.54) is 17.1 Å². The molecule has 0 aliphatic rings. The Morgan fingerprint density at radius 2 is 2.33 bits per heavy atom. The van der Waals surface area contributed by atoms with Crippen LogP contribution >= 0.6 is 11.5 Å². The highest BCUT2D eigenvalue weighted by Gasteiger charge is 2.04. The molecule has 0 N–H and O–H groups in total. The third-order valence-corrected chi connectivity index (χ3v) is 2.77. The second-order valence-corrected chi connectivity index (χ2v) is 3.41. The van der Waals surface area contributed by atoms with Crippen molar-refractivity contribution < 1.29 is 0 Å². The van der Waals surface area contributed by atoms with E-state index in [-0.39, 0.29) is 0 Å². The third kappa shape index (κ3) is 0.892. The number of hydrogen-bond donors (Lipinski definition) is 0. The molecule has 0 unspecified atom stereocenters. The molecular formula is C9H6N2S. The molecule has 12 heavy (non-hydrogen) atoms. The van der Waals surface area contributed by atoms with Crippen LogP contribution < -0.4 is 0 Å². The second kappa shape index (κ2) is 2.58. The lowest BCUT2D eigenvalue weighted by Crippen LogP contribution is -1.77. The molecule has 0 radical (unpaired) electrons. The maximum atomic E-state index is 8.77. The third-order valence-electron chi connectivity index (χ3n) is 1.84. The standard InChI is InChI=1S/C9H6N2S/c1-6-2-3-7(4-10)8-5-11-12-9(6)8/h2-3,5H,1H3. The van der Waals surface area contributed by atoms with Gasteiger partial charge < -0.3 is 0 Å². The summed E-state index contributed by atoms with van der Waals surface area (Å²) in [5.74, 6) is 0. The van der Waals surface area contributed by atoms with Gasteiger partial charge in [-0.2, -0.15) is 9.64 Å². The van der Waals surface area contributed by atoms with Gasteiger partial charge in [0.05, 0.1) is 16.3 Å². The van der Waals surface area contributed by atoms with Gasteiger partial charge in [0.15, 0.2) is 0 Å². The van der Waals surface area contributed by atoms with Crippen molar-refractivity contribution in [1.82, 2.24) is 4.37 Å². The van der Waals surface area contributed by atoms with Crippen molar-refractivity contribution in [1.29, 1.82) is 5.26 Å². The van der Waals surface area contributed by atoms with E-state index in [0.29, 0.717) is 5.56 Å². The van der Waals surface area contributed by atoms with Crippen molar-refractivity contribution in [3.05, 3.63) is 29.5 Å². The first-order valence-electron chi connectivity index (χ1n) is 3.57. The minimum absolute atomic E-state index is 0.712. The lowest BCUT2D eigenvalue weighted by atomic mass is 10.1. The Hall–Kier alpha value is -1.40. The smallest absolute Gasteiger partial charge is 0.0999 e. The Morgan fingerprint density at radius 1 is 1.50 bits per heavy atom. The molecule has 3 heteroatoms. The number of fused-ring (bicyclic) bond motifs is 1. The summed E-state index contributed by atoms with van der Waals surface area (Å²) in [5, 5.41) is 9.75. The molecule has 0 saturated carbocycles. The van der Waals surface area contributed by atoms with Crippen LogP contribution in [0.4, 0.5) is 0 Å². The van der Waals surface area contributed by atoms with Crippen LogP contribution in [0, 0.1) is 18.3 Å². The van der Waals surface area contributed by atoms with Crippen LogP contribution in [0.25, 0.3) is 10.1 Å². The average molecular weight is 174 g/mol. The van der Waals surface area contributed by atoms with Crippen molar-refractivity contribution in [2.75, 3.05) is 0 Å². The molecule has 0 saturated heterocycles. The molecular weight excluding hydrogens is 168 g/mol. The first-order chi connectivity index (χ1) is 5.83. The summed E-state index contributed by atoms with van der Waals surface area (Å²) in [6, 6.07) is 5.95. The highest BCUT2D eigenvalue weighted by atomic mass is 32.1. The fourth-order valence-corrected chi connectivity index (χ4v) is 1.92. The molecule has 1 aromatic heterocycles. The van der Waals surface area contributed by atoms with Crippen LogP contribution in [0.3, 0.4) is 0 Å². The van der Waals surface area contributed by atoms with E-state index >= 15 is 0 Å². The van der Waals surface area contributed by atoms with Crippen LogP contribution in [0.15, 0.2) is 18.3 Å². The van der Waals surface area contributed by atoms with Crippen molar-refractivity contribution in [3.63, 3.8) is 0 Å². The van der Waals surface area contributed by atoms with Crippen LogP contribution in [-0.4, -0.2) is 4.37 Å². The maximum absolute atomic E-state index is 8.77. The molecule has 0 amide bonds. The highest BCUT2D eigenvalue weighted by Crippen LogP contribution is 2.24. The lowest BCUT2D eigenvalue weighted by molar-refractivity contribution is 1.48. The number of hydrogen-bond acceptors (Lipinski definition) is 3. The molecule has 0 aliphatic carbocycles. The minimum Gasteiger partial charge on any atom is -0.200 e. The predicted molar refractivity (Wildman–Crippen MR) is 49.1 cm³/mol. The molecule has 2 rings (SSSR count). The van der Waals surface area contributed by atoms with Crippen LogP contribution in [-0.2, 0) is 0 Å². The van der Waals surface area contributed by atoms with Crippen LogP contribution in [0.1, 0.15) is 11.1 Å². The van der Waals surface area contributed by atoms with Gasteiger partial charge >= 0.3 is 0 Å². The van der Waals surface area contributed by atoms with Gasteiger partial charge in [0.2, 0.25) is 0 Å². The molecule has 1 heterocycles. The Balaban J connectivity index is 2.94. The van der Waals surface area contributed by atoms with Gasteiger partial charge in [-0.25, -0.2) is 0 Å². The predicted octanol–water partition coefficient (Wildman–Crippen LogP) is 2.48. The van der Waals surface area contributed by atoms with Gasteiger partial charge in [0, 0.05) is 11.6 Å². The van der Waals surface area contributed by atoms with Gasteiger partial charge in [0.1, 0.15) is 0 Å². The van der Waals surface area contributed by atoms with Crippen LogP contribution in [0.2, 0.25) is 0 Å². The summed E-state index contributed by atoms with van der Waals surface area (Å²) < 4.78 is 5.18. The molecule has 0 fully saturated rings. The summed E-state index contributed by atoms with van der Waals surface area (Å²) in [6.07, 6.45) is 1.76. The van der Waals surface area contributed by atoms with Gasteiger partial charge in [0.25, 0.3) is 0 Å². The van der Waals surface area contributed by atoms with E-state index in [9.17, 15) is 0 Å². The number of aryl methyl sites for hydroxylation is 1. The average Bonchev–Trinajstić information content (AvgIpc) is 2.54. The first kappa shape index (κ1) is 7.26. The van der Waals surface area contributed by atoms with E-state index in [1.807, 2.05) is 19.1 Å². The van der Waals surface area contributed by atoms with Crippen molar-refractivity contribution >= 4 is 21.6 Å². The zero-order valence-corrected chi connectivity index (χ0v) is 7.35. The van der Waals surface area contributed by atoms with Gasteiger partial charge in [-0.15, -0.1) is 0 Å². The Morgan fingerprint density at radius 3 is 3.08 bits per heavy atom. The molecule has 0 aliphatic heterocycles. The summed E-state index contributed by atoms with van der Waals surface area (Å²) in [4.78, 5) is 0. The Bertz CT molecular complexity index is 465. The van der Waals surface area contributed by atoms with Gasteiger partial charge in [-0.1, -0.05) is 6.07 Å². The normalized spacial score (nSPS) is 10.0. The number of benzene rings is 1. The van der Waals surface area contributed by atoms with E-state index in [1.54, 1.807) is 6.20 Å². The van der Waals surface area contributed by atoms with Gasteiger partial charge in [-0.3, -0.25) is 0 Å². The summed E-state index contributed by atoms with van der Waals surface area (Å²) in [5.41, 5.74) is 1.90. The number of rotatable bonds is 0. The zero-order valence-electron chi connectivity index (χ0n) is 6.53. The Labute approximate surface area is 74.2 Å². The minimum atomic E-state index is 0.712. The van der Waals surface area contributed by atoms with Gasteiger partial charge in [-0.05, 0) is 30.1 Å². The van der Waals surface area contributed by atoms with E-state index in [0.717, 1.165) is 10.1 Å². The molecule has 1 aromatic carbocycles. The fourth-order valence-electron chi connectivity index (χ4n) is 1.19. The topological polar surface area (TPSA) is 36.7 Å². The fraction of sp³-hybridized carbons (Fsp3) is 0.111. The monoisotopic (exact) mass is 174 g/mol. The van der Waals surface area contributed by atoms with E-state index in [2.05, 4.69) is 10.4 Å². The molecule has 2 aromatic rings. The summed E-state index contributed by atoms with van der Waals surface area (Å²) in [7, 11) is 0. The lowest BCUT2D eigenvalue weighted by Gasteiger charge is -1.94. The molecule has 2 nitrogen and oxygen atoms in total. The second-order valence-electron chi connectivity index (χ2n) is 2.61. The number of aromatic nitrogens is 1. The van der Waals surface area contributed by atoms with Crippen molar-refractivity contribution in [2.45, 2.75) is 6.92 Å². The van der Waals surface area contributed by atoms with E-state index < -0.39 is 0 Å². The zero-order chi connectivity index (χ0) is 8.55. The number of nitriles is 1. The van der Waals surface area contributed by atoms with Crippen molar-refractivity contribution in [2.24, 2.45) is 0 Å². The molecule has 58 valence electrons. The van der Waals surface area contributed by atoms with E-state index in [4.69, 9.17) is 5.26 Å². The van der Waals surface area contributed by atoms with Crippen molar-refractivity contribution in [3.8, 4) is 6.07 Å². The summed E-state index contributed by atoms with van der Waals surface area (Å²) >= 11 is 1.44. The highest BCUT2D eigenvalue weighted by molar-refractivity contribution is 7.13.